The lowest BCUT2D eigenvalue weighted by Gasteiger charge is -2.27. The van der Waals surface area contributed by atoms with Gasteiger partial charge in [0.15, 0.2) is 0 Å². The lowest BCUT2D eigenvalue weighted by atomic mass is 9.82. The van der Waals surface area contributed by atoms with Gasteiger partial charge in [0.25, 0.3) is 0 Å². The van der Waals surface area contributed by atoms with E-state index < -0.39 is 12.1 Å². The van der Waals surface area contributed by atoms with E-state index in [0.717, 1.165) is 5.56 Å². The van der Waals surface area contributed by atoms with Gasteiger partial charge in [-0.05, 0) is 42.6 Å². The van der Waals surface area contributed by atoms with E-state index in [-0.39, 0.29) is 36.5 Å². The Labute approximate surface area is 133 Å². The third kappa shape index (κ3) is 3.74. The van der Waals surface area contributed by atoms with Crippen LogP contribution in [0, 0.1) is 23.7 Å². The molecule has 1 amide bonds. The highest BCUT2D eigenvalue weighted by Gasteiger charge is 2.55. The van der Waals surface area contributed by atoms with Crippen LogP contribution in [-0.4, -0.2) is 18.3 Å². The van der Waals surface area contributed by atoms with Crippen molar-refractivity contribution >= 4 is 12.1 Å². The first-order valence-electron chi connectivity index (χ1n) is 7.86. The van der Waals surface area contributed by atoms with Crippen LogP contribution in [-0.2, 0) is 11.2 Å². The minimum Gasteiger partial charge on any atom is -0.273 e. The first-order chi connectivity index (χ1) is 10.9. The fraction of sp³-hybridized carbons (Fsp3) is 0.529. The van der Waals surface area contributed by atoms with Gasteiger partial charge in [0, 0.05) is 6.21 Å². The molecule has 23 heavy (non-hydrogen) atoms. The van der Waals surface area contributed by atoms with Gasteiger partial charge in [-0.25, -0.2) is 5.43 Å². The van der Waals surface area contributed by atoms with Crippen molar-refractivity contribution < 1.29 is 18.0 Å². The standard InChI is InChI=1S/C17H19F3N2O/c18-17(19,20)15-9-12-7-13(15)8-14(12)10-21-22-16(23)6-11-4-2-1-3-5-11/h1-5,10,12-15H,6-9H2,(H,22,23)/b21-10-/t12-,13-,14+,15+/m1/s1. The number of nitrogens with one attached hydrogen (secondary N) is 1. The molecular weight excluding hydrogens is 305 g/mol. The Morgan fingerprint density at radius 3 is 2.52 bits per heavy atom. The summed E-state index contributed by atoms with van der Waals surface area (Å²) >= 11 is 0. The van der Waals surface area contributed by atoms with Crippen molar-refractivity contribution in [2.75, 3.05) is 0 Å². The van der Waals surface area contributed by atoms with E-state index >= 15 is 0 Å². The summed E-state index contributed by atoms with van der Waals surface area (Å²) in [6.45, 7) is 0. The molecule has 0 spiro atoms. The average molecular weight is 324 g/mol. The molecule has 2 saturated carbocycles. The normalized spacial score (nSPS) is 30.0. The zero-order valence-electron chi connectivity index (χ0n) is 12.6. The molecule has 0 aliphatic heterocycles. The molecule has 124 valence electrons. The number of nitrogens with zero attached hydrogens (tertiary/aromatic N) is 1. The predicted molar refractivity (Wildman–Crippen MR) is 80.6 cm³/mol. The number of hydrogen-bond acceptors (Lipinski definition) is 2. The number of halogens is 3. The van der Waals surface area contributed by atoms with E-state index in [0.29, 0.717) is 12.8 Å². The molecule has 1 aromatic rings. The van der Waals surface area contributed by atoms with Gasteiger partial charge < -0.3 is 0 Å². The maximum atomic E-state index is 12.8. The van der Waals surface area contributed by atoms with Crippen LogP contribution >= 0.6 is 0 Å². The highest BCUT2D eigenvalue weighted by Crippen LogP contribution is 2.56. The lowest BCUT2D eigenvalue weighted by molar-refractivity contribution is -0.187. The maximum Gasteiger partial charge on any atom is 0.392 e. The van der Waals surface area contributed by atoms with E-state index in [1.54, 1.807) is 6.21 Å². The van der Waals surface area contributed by atoms with Crippen LogP contribution in [0.4, 0.5) is 13.2 Å². The fourth-order valence-electron chi connectivity index (χ4n) is 3.93. The minimum atomic E-state index is -4.08. The van der Waals surface area contributed by atoms with Gasteiger partial charge in [0.2, 0.25) is 5.91 Å². The number of carbonyl (C=O) groups is 1. The van der Waals surface area contributed by atoms with Crippen molar-refractivity contribution in [3.05, 3.63) is 35.9 Å². The molecule has 0 radical (unpaired) electrons. The first-order valence-corrected chi connectivity index (χ1v) is 7.86. The van der Waals surface area contributed by atoms with Crippen molar-refractivity contribution in [1.29, 1.82) is 0 Å². The van der Waals surface area contributed by atoms with E-state index in [1.165, 1.54) is 0 Å². The number of carbonyl (C=O) groups excluding carboxylic acids is 1. The third-order valence-corrected chi connectivity index (χ3v) is 4.99. The number of benzene rings is 1. The van der Waals surface area contributed by atoms with Crippen molar-refractivity contribution in [3.8, 4) is 0 Å². The largest absolute Gasteiger partial charge is 0.392 e. The maximum absolute atomic E-state index is 12.8. The van der Waals surface area contributed by atoms with Gasteiger partial charge in [-0.15, -0.1) is 0 Å². The van der Waals surface area contributed by atoms with Crippen molar-refractivity contribution in [3.63, 3.8) is 0 Å². The Morgan fingerprint density at radius 1 is 1.17 bits per heavy atom. The Bertz CT molecular complexity index is 585. The second-order valence-electron chi connectivity index (χ2n) is 6.51. The van der Waals surface area contributed by atoms with Crippen LogP contribution in [0.5, 0.6) is 0 Å². The van der Waals surface area contributed by atoms with E-state index in [2.05, 4.69) is 10.5 Å². The Hall–Kier alpha value is -1.85. The Kier molecular flexibility index (Phi) is 4.41. The van der Waals surface area contributed by atoms with Gasteiger partial charge in [-0.2, -0.15) is 18.3 Å². The number of hydrazone groups is 1. The highest BCUT2D eigenvalue weighted by atomic mass is 19.4. The molecule has 0 heterocycles. The number of fused-ring (bicyclic) bond motifs is 2. The number of alkyl halides is 3. The monoisotopic (exact) mass is 324 g/mol. The van der Waals surface area contributed by atoms with Crippen LogP contribution in [0.15, 0.2) is 35.4 Å². The molecule has 1 aromatic carbocycles. The predicted octanol–water partition coefficient (Wildman–Crippen LogP) is 3.56. The molecule has 0 aromatic heterocycles. The zero-order chi connectivity index (χ0) is 16.4. The van der Waals surface area contributed by atoms with Crippen LogP contribution in [0.3, 0.4) is 0 Å². The molecule has 2 aliphatic rings. The van der Waals surface area contributed by atoms with Gasteiger partial charge >= 0.3 is 6.18 Å². The van der Waals surface area contributed by atoms with Crippen molar-refractivity contribution in [2.24, 2.45) is 28.8 Å². The summed E-state index contributed by atoms with van der Waals surface area (Å²) in [4.78, 5) is 11.8. The van der Waals surface area contributed by atoms with Crippen LogP contribution in [0.25, 0.3) is 0 Å². The summed E-state index contributed by atoms with van der Waals surface area (Å²) in [5.41, 5.74) is 3.36. The Morgan fingerprint density at radius 2 is 1.91 bits per heavy atom. The second kappa shape index (κ2) is 6.34. The molecule has 0 unspecified atom stereocenters. The smallest absolute Gasteiger partial charge is 0.273 e. The summed E-state index contributed by atoms with van der Waals surface area (Å²) in [7, 11) is 0. The number of hydrogen-bond donors (Lipinski definition) is 1. The van der Waals surface area contributed by atoms with Gasteiger partial charge in [-0.3, -0.25) is 4.79 Å². The van der Waals surface area contributed by atoms with Crippen LogP contribution in [0.1, 0.15) is 24.8 Å². The molecule has 3 nitrogen and oxygen atoms in total. The molecule has 1 N–H and O–H groups in total. The minimum absolute atomic E-state index is 0.0430. The zero-order valence-corrected chi connectivity index (χ0v) is 12.6. The van der Waals surface area contributed by atoms with E-state index in [9.17, 15) is 18.0 Å². The quantitative estimate of drug-likeness (QED) is 0.668. The number of rotatable bonds is 4. The summed E-state index contributed by atoms with van der Waals surface area (Å²) in [5, 5.41) is 3.95. The molecule has 6 heteroatoms. The summed E-state index contributed by atoms with van der Waals surface area (Å²) < 4.78 is 38.5. The summed E-state index contributed by atoms with van der Waals surface area (Å²) in [5.74, 6) is -1.55. The molecule has 2 bridgehead atoms. The van der Waals surface area contributed by atoms with Gasteiger partial charge in [0.1, 0.15) is 0 Å². The van der Waals surface area contributed by atoms with E-state index in [1.807, 2.05) is 30.3 Å². The molecule has 0 saturated heterocycles. The second-order valence-corrected chi connectivity index (χ2v) is 6.51. The van der Waals surface area contributed by atoms with Crippen molar-refractivity contribution in [1.82, 2.24) is 5.43 Å². The molecule has 4 atom stereocenters. The number of amides is 1. The van der Waals surface area contributed by atoms with Crippen LogP contribution < -0.4 is 5.43 Å². The summed E-state index contributed by atoms with van der Waals surface area (Å²) in [6.07, 6.45) is -0.870. The van der Waals surface area contributed by atoms with Gasteiger partial charge in [0.05, 0.1) is 12.3 Å². The average Bonchev–Trinajstić information content (AvgIpc) is 3.08. The van der Waals surface area contributed by atoms with E-state index in [4.69, 9.17) is 0 Å². The lowest BCUT2D eigenvalue weighted by Crippen LogP contribution is -2.31. The summed E-state index contributed by atoms with van der Waals surface area (Å²) in [6, 6.07) is 9.31. The van der Waals surface area contributed by atoms with Gasteiger partial charge in [-0.1, -0.05) is 30.3 Å². The molecule has 3 rings (SSSR count). The molecular formula is C17H19F3N2O. The highest BCUT2D eigenvalue weighted by molar-refractivity contribution is 5.79. The third-order valence-electron chi connectivity index (χ3n) is 4.99. The van der Waals surface area contributed by atoms with Crippen LogP contribution in [0.2, 0.25) is 0 Å². The Balaban J connectivity index is 1.47. The van der Waals surface area contributed by atoms with Crippen molar-refractivity contribution in [2.45, 2.75) is 31.9 Å². The fourth-order valence-corrected chi connectivity index (χ4v) is 3.93. The first kappa shape index (κ1) is 16.0. The SMILES string of the molecule is O=C(Cc1ccccc1)N/N=C\[C@@H]1C[C@H]2C[C@@H]1C[C@@H]2C(F)(F)F. The molecule has 2 aliphatic carbocycles. The topological polar surface area (TPSA) is 41.5 Å². The molecule has 2 fully saturated rings.